The molecule has 0 spiro atoms. The summed E-state index contributed by atoms with van der Waals surface area (Å²) in [7, 11) is 0. The van der Waals surface area contributed by atoms with Crippen LogP contribution in [0, 0.1) is 0 Å². The summed E-state index contributed by atoms with van der Waals surface area (Å²) >= 11 is 16.4. The van der Waals surface area contributed by atoms with Crippen molar-refractivity contribution in [3.63, 3.8) is 0 Å². The van der Waals surface area contributed by atoms with Gasteiger partial charge in [0.1, 0.15) is 30.7 Å². The zero-order valence-corrected chi connectivity index (χ0v) is 74.5. The molecule has 6 amide bonds. The van der Waals surface area contributed by atoms with E-state index in [1.807, 2.05) is 72.8 Å². The summed E-state index contributed by atoms with van der Waals surface area (Å²) in [6.07, 6.45) is 1.73. The van der Waals surface area contributed by atoms with E-state index >= 15 is 0 Å². The first kappa shape index (κ1) is 103. The smallest absolute Gasteiger partial charge is 0.327 e. The summed E-state index contributed by atoms with van der Waals surface area (Å²) < 4.78 is 0. The number of aliphatic carboxylic acids is 9. The fourth-order valence-electron chi connectivity index (χ4n) is 10.8. The molecule has 0 saturated carbocycles. The van der Waals surface area contributed by atoms with Crippen LogP contribution in [0.25, 0.3) is 0 Å². The lowest BCUT2D eigenvalue weighted by Crippen LogP contribution is -2.55. The highest BCUT2D eigenvalue weighted by atomic mass is 32.2. The van der Waals surface area contributed by atoms with Crippen molar-refractivity contribution in [3.05, 3.63) is 152 Å². The Labute approximate surface area is 740 Å². The quantitative estimate of drug-likeness (QED) is 0.0144. The van der Waals surface area contributed by atoms with Crippen LogP contribution in [0.1, 0.15) is 118 Å². The van der Waals surface area contributed by atoms with E-state index in [0.717, 1.165) is 78.9 Å². The molecule has 119 heavy (non-hydrogen) atoms. The minimum absolute atomic E-state index is 0.00971. The number of benzene rings is 4. The first-order valence-corrected chi connectivity index (χ1v) is 50.8. The predicted molar refractivity (Wildman–Crippen MR) is 479 cm³/mol. The standard InChI is InChI=1S/C78H97N5O24S12/c84-64(80-61(76(102)103)45-117-41-57-25-50(34-110-13-5-69(89)90)20-51(26-57)35-111-14-6-70(91)92)3-11-108-32-48-19-49(33-109-12-4-65(85)81-62(77(104)105)46-118-42-58-27-52(36-112-15-7-71(93)94)21-53(28-58)37-113-16-8-72(95)96)24-56(23-48)40-116-44-60(79-66(86)31-83-67(87)1-2-68(83)88)75(101)82-63(78(106)107)47-119-43-59-29-54(38-114-17-9-73(97)98)22-55(30-59)39-115-18-10-74(99)100/h1-2,19-30,60-63H,3-18,31-47H2,(H,79,86)(H,80,84)(H,81,85)(H,82,101)(H,89,90)(H,91,92)(H,93,94)(H,95,96)(H,97,98)(H,99,100)(H,102,103)(H,104,105)(H,106,107)/t60-,61-,62-,63-/m0/s1. The molecule has 650 valence electrons. The van der Waals surface area contributed by atoms with Gasteiger partial charge in [-0.15, -0.1) is 0 Å². The summed E-state index contributed by atoms with van der Waals surface area (Å²) in [6.45, 7) is -0.756. The second-order valence-electron chi connectivity index (χ2n) is 26.5. The van der Waals surface area contributed by atoms with Crippen molar-refractivity contribution in [3.8, 4) is 0 Å². The number of imide groups is 1. The van der Waals surface area contributed by atoms with Crippen molar-refractivity contribution in [1.82, 2.24) is 26.2 Å². The van der Waals surface area contributed by atoms with Gasteiger partial charge in [-0.05, 0) is 66.8 Å². The number of hydrogen-bond acceptors (Lipinski definition) is 27. The van der Waals surface area contributed by atoms with Gasteiger partial charge in [0, 0.05) is 163 Å². The number of nitrogens with zero attached hydrogens (tertiary/aromatic N) is 1. The number of carbonyl (C=O) groups excluding carboxylic acids is 6. The van der Waals surface area contributed by atoms with Crippen LogP contribution in [0.4, 0.5) is 0 Å². The number of carboxylic acids is 9. The molecule has 1 aliphatic heterocycles. The minimum atomic E-state index is -1.49. The molecule has 41 heteroatoms. The SMILES string of the molecule is O=C(O)CCSCc1cc(CSCCC(=O)O)cc(CSC[C@H](NC(=O)CCSCc2cc(CSCCC(=O)N[C@@H](CSCc3cc(CSCCC(=O)O)cc(CSCCC(=O)O)c3)C(=O)O)cc(CSC[C@H](NC(=O)CN3C(=O)C=CC3=O)C(=O)N[C@@H](CSCc3cc(CSCCC(=O)O)cc(CSCCC(=O)O)c3)C(=O)O)c2)C(=O)O)c1. The van der Waals surface area contributed by atoms with E-state index in [4.69, 9.17) is 30.6 Å². The fourth-order valence-corrected chi connectivity index (χ4v) is 21.7. The zero-order valence-electron chi connectivity index (χ0n) is 64.7. The molecule has 4 aromatic carbocycles. The lowest BCUT2D eigenvalue weighted by Gasteiger charge is -2.22. The third-order valence-corrected chi connectivity index (χ3v) is 28.9. The van der Waals surface area contributed by atoms with Crippen LogP contribution in [0.2, 0.25) is 0 Å². The van der Waals surface area contributed by atoms with Crippen LogP contribution >= 0.6 is 141 Å². The van der Waals surface area contributed by atoms with Crippen LogP contribution in [-0.2, 0) is 141 Å². The molecule has 0 unspecified atom stereocenters. The molecule has 0 aromatic heterocycles. The lowest BCUT2D eigenvalue weighted by atomic mass is 10.1. The second kappa shape index (κ2) is 58.2. The number of thioether (sulfide) groups is 12. The number of nitrogens with one attached hydrogen (secondary N) is 4. The van der Waals surface area contributed by atoms with Crippen molar-refractivity contribution >= 4 is 230 Å². The highest BCUT2D eigenvalue weighted by Crippen LogP contribution is 2.30. The Kier molecular flexibility index (Phi) is 50.2. The number of hydrogen-bond donors (Lipinski definition) is 13. The van der Waals surface area contributed by atoms with E-state index in [9.17, 15) is 87.2 Å². The Hall–Kier alpha value is -6.93. The predicted octanol–water partition coefficient (Wildman–Crippen LogP) is 10.3. The molecule has 0 fully saturated rings. The Balaban J connectivity index is 1.30. The number of rotatable bonds is 66. The van der Waals surface area contributed by atoms with Gasteiger partial charge in [0.15, 0.2) is 0 Å². The van der Waals surface area contributed by atoms with Crippen molar-refractivity contribution in [2.45, 2.75) is 145 Å². The van der Waals surface area contributed by atoms with Crippen molar-refractivity contribution in [2.24, 2.45) is 0 Å². The topological polar surface area (TPSA) is 489 Å². The third kappa shape index (κ3) is 45.7. The van der Waals surface area contributed by atoms with Crippen LogP contribution in [-0.4, -0.2) is 240 Å². The molecular weight excluding hydrogens is 1780 g/mol. The van der Waals surface area contributed by atoms with Crippen molar-refractivity contribution in [1.29, 1.82) is 0 Å². The van der Waals surface area contributed by atoms with E-state index in [1.54, 1.807) is 0 Å². The van der Waals surface area contributed by atoms with Gasteiger partial charge in [-0.25, -0.2) is 14.4 Å². The second-order valence-corrected chi connectivity index (χ2v) is 39.5. The van der Waals surface area contributed by atoms with E-state index in [1.165, 1.54) is 141 Å². The fraction of sp³-hybridized carbons (Fsp3) is 0.474. The van der Waals surface area contributed by atoms with E-state index in [0.29, 0.717) is 96.9 Å². The Bertz CT molecular complexity index is 3870. The van der Waals surface area contributed by atoms with Gasteiger partial charge in [-0.1, -0.05) is 72.8 Å². The molecule has 1 aliphatic rings. The average Bonchev–Trinajstić information content (AvgIpc) is 1.77. The molecule has 1 heterocycles. The van der Waals surface area contributed by atoms with Gasteiger partial charge < -0.3 is 67.2 Å². The Morgan fingerprint density at radius 2 is 0.437 bits per heavy atom. The van der Waals surface area contributed by atoms with Gasteiger partial charge >= 0.3 is 53.7 Å². The largest absolute Gasteiger partial charge is 0.481 e. The molecule has 4 atom stereocenters. The molecular formula is C78H97N5O24S12. The first-order chi connectivity index (χ1) is 56.9. The summed E-state index contributed by atoms with van der Waals surface area (Å²) in [5, 5.41) is 96.1. The molecule has 0 bridgehead atoms. The summed E-state index contributed by atoms with van der Waals surface area (Å²) in [5.74, 6) is -6.24. The van der Waals surface area contributed by atoms with Gasteiger partial charge in [0.25, 0.3) is 11.8 Å². The maximum atomic E-state index is 14.4. The highest BCUT2D eigenvalue weighted by Gasteiger charge is 2.31. The normalized spacial score (nSPS) is 12.8. The van der Waals surface area contributed by atoms with Crippen LogP contribution in [0.5, 0.6) is 0 Å². The van der Waals surface area contributed by atoms with Crippen LogP contribution in [0.3, 0.4) is 0 Å². The molecule has 13 N–H and O–H groups in total. The monoisotopic (exact) mass is 1870 g/mol. The van der Waals surface area contributed by atoms with Crippen LogP contribution in [0.15, 0.2) is 84.9 Å². The average molecular weight is 1870 g/mol. The zero-order chi connectivity index (χ0) is 87.0. The van der Waals surface area contributed by atoms with Gasteiger partial charge in [0.2, 0.25) is 23.6 Å². The maximum Gasteiger partial charge on any atom is 0.327 e. The third-order valence-electron chi connectivity index (χ3n) is 16.3. The molecule has 0 radical (unpaired) electrons. The van der Waals surface area contributed by atoms with Gasteiger partial charge in [-0.3, -0.25) is 62.4 Å². The highest BCUT2D eigenvalue weighted by molar-refractivity contribution is 8.01. The van der Waals surface area contributed by atoms with E-state index < -0.39 is 120 Å². The molecule has 0 aliphatic carbocycles. The van der Waals surface area contributed by atoms with Gasteiger partial charge in [-0.2, -0.15) is 141 Å². The van der Waals surface area contributed by atoms with Crippen molar-refractivity contribution in [2.75, 3.05) is 75.6 Å². The summed E-state index contributed by atoms with van der Waals surface area (Å²) in [5.41, 5.74) is 10.3. The Morgan fingerprint density at radius 1 is 0.252 bits per heavy atom. The minimum Gasteiger partial charge on any atom is -0.481 e. The molecule has 0 saturated heterocycles. The van der Waals surface area contributed by atoms with Gasteiger partial charge in [0.05, 0.1) is 38.5 Å². The lowest BCUT2D eigenvalue weighted by molar-refractivity contribution is -0.142. The Morgan fingerprint density at radius 3 is 0.647 bits per heavy atom. The molecule has 4 aromatic rings. The van der Waals surface area contributed by atoms with E-state index in [2.05, 4.69) is 21.3 Å². The summed E-state index contributed by atoms with van der Waals surface area (Å²) in [6, 6.07) is 17.8. The summed E-state index contributed by atoms with van der Waals surface area (Å²) in [4.78, 5) is 185. The molecule has 5 rings (SSSR count). The first-order valence-electron chi connectivity index (χ1n) is 37.0. The number of amides is 6. The molecule has 29 nitrogen and oxygen atoms in total. The maximum absolute atomic E-state index is 14.4. The van der Waals surface area contributed by atoms with Crippen molar-refractivity contribution < 1.29 is 118 Å². The van der Waals surface area contributed by atoms with Crippen LogP contribution < -0.4 is 21.3 Å². The van der Waals surface area contributed by atoms with E-state index in [-0.39, 0.29) is 97.4 Å². The number of carboxylic acid groups (broad SMARTS) is 9. The number of carbonyl (C=O) groups is 15.